The Morgan fingerprint density at radius 3 is 2.43 bits per heavy atom. The molecule has 0 spiro atoms. The third-order valence-corrected chi connectivity index (χ3v) is 4.63. The van der Waals surface area contributed by atoms with E-state index in [1.165, 1.54) is 16.9 Å². The van der Waals surface area contributed by atoms with Gasteiger partial charge in [-0.25, -0.2) is 4.79 Å². The lowest BCUT2D eigenvalue weighted by molar-refractivity contribution is 0.0529. The monoisotopic (exact) mass is 303 g/mol. The first kappa shape index (κ1) is 15.6. The topological polar surface area (TPSA) is 52.3 Å². The fraction of sp³-hybridized carbons (Fsp3) is 0.353. The molecule has 0 fully saturated rings. The van der Waals surface area contributed by atoms with Gasteiger partial charge in [-0.05, 0) is 25.3 Å². The molecule has 2 N–H and O–H groups in total. The van der Waals surface area contributed by atoms with E-state index >= 15 is 0 Å². The summed E-state index contributed by atoms with van der Waals surface area (Å²) in [4.78, 5) is 13.4. The molecule has 4 heteroatoms. The van der Waals surface area contributed by atoms with Crippen LogP contribution in [-0.2, 0) is 4.74 Å². The summed E-state index contributed by atoms with van der Waals surface area (Å²) >= 11 is 1.48. The Hall–Kier alpha value is -1.81. The molecule has 112 valence electrons. The van der Waals surface area contributed by atoms with E-state index < -0.39 is 0 Å². The number of hydrogen-bond donors (Lipinski definition) is 1. The van der Waals surface area contributed by atoms with Crippen molar-refractivity contribution in [3.63, 3.8) is 0 Å². The molecule has 1 heterocycles. The van der Waals surface area contributed by atoms with E-state index in [2.05, 4.69) is 13.8 Å². The molecule has 2 aromatic rings. The van der Waals surface area contributed by atoms with E-state index in [1.807, 2.05) is 31.2 Å². The number of thiophene rings is 1. The summed E-state index contributed by atoms with van der Waals surface area (Å²) in [6.07, 6.45) is 0. The van der Waals surface area contributed by atoms with Crippen molar-refractivity contribution < 1.29 is 9.53 Å². The van der Waals surface area contributed by atoms with Crippen molar-refractivity contribution in [3.8, 4) is 11.1 Å². The van der Waals surface area contributed by atoms with E-state index in [1.54, 1.807) is 6.92 Å². The number of esters is 1. The molecule has 0 radical (unpaired) electrons. The van der Waals surface area contributed by atoms with Crippen LogP contribution in [0.15, 0.2) is 24.3 Å². The standard InChI is InChI=1S/C17H21NO2S/c1-5-20-17(19)14-13(12-8-6-11(4)7-9-12)15(10(2)3)21-16(14)18/h6-10H,5,18H2,1-4H3. The summed E-state index contributed by atoms with van der Waals surface area (Å²) in [5, 5.41) is 0.535. The van der Waals surface area contributed by atoms with Crippen molar-refractivity contribution in [2.24, 2.45) is 0 Å². The Bertz CT molecular complexity index is 642. The van der Waals surface area contributed by atoms with Crippen LogP contribution < -0.4 is 5.73 Å². The number of nitrogens with two attached hydrogens (primary N) is 1. The molecule has 0 bridgehead atoms. The van der Waals surface area contributed by atoms with Gasteiger partial charge in [0.1, 0.15) is 10.6 Å². The van der Waals surface area contributed by atoms with Crippen molar-refractivity contribution >= 4 is 22.3 Å². The first-order valence-corrected chi connectivity index (χ1v) is 7.93. The van der Waals surface area contributed by atoms with Crippen molar-refractivity contribution in [2.75, 3.05) is 12.3 Å². The first-order chi connectivity index (χ1) is 9.95. The quantitative estimate of drug-likeness (QED) is 0.839. The Balaban J connectivity index is 2.65. The minimum Gasteiger partial charge on any atom is -0.462 e. The minimum absolute atomic E-state index is 0.303. The van der Waals surface area contributed by atoms with Gasteiger partial charge in [0.05, 0.1) is 6.61 Å². The summed E-state index contributed by atoms with van der Waals surface area (Å²) in [7, 11) is 0. The maximum Gasteiger partial charge on any atom is 0.341 e. The maximum absolute atomic E-state index is 12.3. The molecule has 0 aliphatic carbocycles. The molecular formula is C17H21NO2S. The Kier molecular flexibility index (Phi) is 4.68. The number of anilines is 1. The van der Waals surface area contributed by atoms with Gasteiger partial charge in [-0.15, -0.1) is 11.3 Å². The van der Waals surface area contributed by atoms with Gasteiger partial charge in [0.15, 0.2) is 0 Å². The molecule has 0 atom stereocenters. The summed E-state index contributed by atoms with van der Waals surface area (Å²) in [5.74, 6) is -0.0366. The van der Waals surface area contributed by atoms with Crippen LogP contribution in [0, 0.1) is 6.92 Å². The Labute approximate surface area is 129 Å². The second kappa shape index (κ2) is 6.31. The van der Waals surface area contributed by atoms with Crippen molar-refractivity contribution in [1.29, 1.82) is 0 Å². The highest BCUT2D eigenvalue weighted by Crippen LogP contribution is 2.42. The Morgan fingerprint density at radius 1 is 1.29 bits per heavy atom. The second-order valence-electron chi connectivity index (χ2n) is 5.32. The van der Waals surface area contributed by atoms with Gasteiger partial charge in [0.25, 0.3) is 0 Å². The number of hydrogen-bond acceptors (Lipinski definition) is 4. The van der Waals surface area contributed by atoms with Crippen LogP contribution in [0.2, 0.25) is 0 Å². The average Bonchev–Trinajstić information content (AvgIpc) is 2.78. The van der Waals surface area contributed by atoms with Crippen molar-refractivity contribution in [3.05, 3.63) is 40.3 Å². The van der Waals surface area contributed by atoms with Gasteiger partial charge in [-0.2, -0.15) is 0 Å². The maximum atomic E-state index is 12.3. The number of benzene rings is 1. The normalized spacial score (nSPS) is 10.9. The van der Waals surface area contributed by atoms with Crippen LogP contribution in [0.25, 0.3) is 11.1 Å². The fourth-order valence-corrected chi connectivity index (χ4v) is 3.37. The number of aryl methyl sites for hydroxylation is 1. The number of rotatable bonds is 4. The molecule has 3 nitrogen and oxygen atoms in total. The summed E-state index contributed by atoms with van der Waals surface area (Å²) < 4.78 is 5.18. The largest absolute Gasteiger partial charge is 0.462 e. The van der Waals surface area contributed by atoms with Crippen molar-refractivity contribution in [1.82, 2.24) is 0 Å². The lowest BCUT2D eigenvalue weighted by atomic mass is 9.96. The van der Waals surface area contributed by atoms with E-state index in [0.717, 1.165) is 16.0 Å². The molecule has 1 aromatic heterocycles. The third kappa shape index (κ3) is 3.10. The number of carbonyl (C=O) groups is 1. The van der Waals surface area contributed by atoms with Crippen LogP contribution in [-0.4, -0.2) is 12.6 Å². The van der Waals surface area contributed by atoms with Crippen molar-refractivity contribution in [2.45, 2.75) is 33.6 Å². The molecule has 0 unspecified atom stereocenters. The highest BCUT2D eigenvalue weighted by molar-refractivity contribution is 7.17. The molecule has 0 saturated carbocycles. The molecule has 2 rings (SSSR count). The van der Waals surface area contributed by atoms with Crippen LogP contribution in [0.5, 0.6) is 0 Å². The number of carbonyl (C=O) groups excluding carboxylic acids is 1. The first-order valence-electron chi connectivity index (χ1n) is 7.12. The zero-order valence-corrected chi connectivity index (χ0v) is 13.7. The molecule has 0 amide bonds. The average molecular weight is 303 g/mol. The van der Waals surface area contributed by atoms with E-state index in [0.29, 0.717) is 23.1 Å². The van der Waals surface area contributed by atoms with Gasteiger partial charge in [-0.1, -0.05) is 43.7 Å². The van der Waals surface area contributed by atoms with Gasteiger partial charge >= 0.3 is 5.97 Å². The minimum atomic E-state index is -0.339. The fourth-order valence-electron chi connectivity index (χ4n) is 2.29. The van der Waals surface area contributed by atoms with Crippen LogP contribution in [0.4, 0.5) is 5.00 Å². The molecule has 0 aliphatic heterocycles. The third-order valence-electron chi connectivity index (χ3n) is 3.31. The summed E-state index contributed by atoms with van der Waals surface area (Å²) in [5.41, 5.74) is 9.73. The highest BCUT2D eigenvalue weighted by Gasteiger charge is 2.25. The zero-order chi connectivity index (χ0) is 15.6. The lowest BCUT2D eigenvalue weighted by Crippen LogP contribution is -2.07. The van der Waals surface area contributed by atoms with E-state index in [-0.39, 0.29) is 5.97 Å². The van der Waals surface area contributed by atoms with Gasteiger partial charge in [0.2, 0.25) is 0 Å². The number of ether oxygens (including phenoxy) is 1. The smallest absolute Gasteiger partial charge is 0.341 e. The molecule has 21 heavy (non-hydrogen) atoms. The highest BCUT2D eigenvalue weighted by atomic mass is 32.1. The van der Waals surface area contributed by atoms with Crippen LogP contribution in [0.1, 0.15) is 47.5 Å². The zero-order valence-electron chi connectivity index (χ0n) is 12.9. The molecule has 1 aromatic carbocycles. The lowest BCUT2D eigenvalue weighted by Gasteiger charge is -2.10. The van der Waals surface area contributed by atoms with Gasteiger partial charge in [0, 0.05) is 10.4 Å². The van der Waals surface area contributed by atoms with E-state index in [4.69, 9.17) is 10.5 Å². The molecular weight excluding hydrogens is 282 g/mol. The second-order valence-corrected chi connectivity index (χ2v) is 6.41. The molecule has 0 aliphatic rings. The predicted octanol–water partition coefficient (Wildman–Crippen LogP) is 4.61. The summed E-state index contributed by atoms with van der Waals surface area (Å²) in [6.45, 7) is 8.41. The number of nitrogen functional groups attached to an aromatic ring is 1. The van der Waals surface area contributed by atoms with E-state index in [9.17, 15) is 4.79 Å². The van der Waals surface area contributed by atoms with Crippen LogP contribution in [0.3, 0.4) is 0 Å². The molecule has 0 saturated heterocycles. The van der Waals surface area contributed by atoms with Crippen LogP contribution >= 0.6 is 11.3 Å². The SMILES string of the molecule is CCOC(=O)c1c(N)sc(C(C)C)c1-c1ccc(C)cc1. The predicted molar refractivity (Wildman–Crippen MR) is 88.9 cm³/mol. The summed E-state index contributed by atoms with van der Waals surface area (Å²) in [6, 6.07) is 8.15. The Morgan fingerprint density at radius 2 is 1.90 bits per heavy atom. The van der Waals surface area contributed by atoms with Gasteiger partial charge < -0.3 is 10.5 Å². The van der Waals surface area contributed by atoms with Gasteiger partial charge in [-0.3, -0.25) is 0 Å².